The molecule has 18 heteroatoms. The first kappa shape index (κ1) is 38.6. The van der Waals surface area contributed by atoms with Crippen molar-refractivity contribution in [3.8, 4) is 5.75 Å². The summed E-state index contributed by atoms with van der Waals surface area (Å²) in [5, 5.41) is 91.3. The summed E-state index contributed by atoms with van der Waals surface area (Å²) in [6, 6.07) is 6.29. The molecule has 3 aliphatic heterocycles. The Balaban J connectivity index is 1.51. The van der Waals surface area contributed by atoms with Crippen LogP contribution in [0.15, 0.2) is 47.7 Å². The molecule has 0 bridgehead atoms. The van der Waals surface area contributed by atoms with Gasteiger partial charge in [-0.2, -0.15) is 0 Å². The lowest BCUT2D eigenvalue weighted by Crippen LogP contribution is -2.65. The summed E-state index contributed by atoms with van der Waals surface area (Å²) in [6.45, 7) is -2.25. The van der Waals surface area contributed by atoms with Gasteiger partial charge in [0.15, 0.2) is 12.6 Å². The number of phenolic OH excluding ortho intramolecular Hbond substituents is 1. The van der Waals surface area contributed by atoms with E-state index in [1.807, 2.05) is 0 Å². The van der Waals surface area contributed by atoms with Crippen LogP contribution in [0, 0.1) is 5.92 Å². The lowest BCUT2D eigenvalue weighted by atomic mass is 9.86. The SMILES string of the molecule is COC(=O)C1=COC(OC2OC(CO)C(O)C(OC3OC(CO)C(O)C(O)C3O)C2O)C(=CCO)C1CC(=O)OCCc1ccc(O)cc1. The van der Waals surface area contributed by atoms with E-state index in [0.29, 0.717) is 6.42 Å². The molecule has 0 spiro atoms. The maximum Gasteiger partial charge on any atom is 0.337 e. The minimum Gasteiger partial charge on any atom is -0.508 e. The molecular weight excluding hydrogens is 660 g/mol. The van der Waals surface area contributed by atoms with E-state index in [9.17, 15) is 55.5 Å². The maximum absolute atomic E-state index is 12.9. The first-order chi connectivity index (χ1) is 23.4. The summed E-state index contributed by atoms with van der Waals surface area (Å²) < 4.78 is 38.1. The molecule has 0 aliphatic carbocycles. The number of esters is 2. The number of carbonyl (C=O) groups excluding carboxylic acids is 2. The summed E-state index contributed by atoms with van der Waals surface area (Å²) >= 11 is 0. The van der Waals surface area contributed by atoms with E-state index < -0.39 is 112 Å². The van der Waals surface area contributed by atoms with E-state index in [1.165, 1.54) is 18.2 Å². The Labute approximate surface area is 279 Å². The predicted octanol–water partition coefficient (Wildman–Crippen LogP) is -3.54. The number of aromatic hydroxyl groups is 1. The number of aliphatic hydroxyl groups is 8. The average molecular weight is 703 g/mol. The van der Waals surface area contributed by atoms with Crippen LogP contribution in [-0.2, 0) is 49.2 Å². The molecule has 274 valence electrons. The monoisotopic (exact) mass is 702 g/mol. The molecular formula is C31H42O18. The zero-order valence-electron chi connectivity index (χ0n) is 26.3. The molecule has 2 saturated heterocycles. The van der Waals surface area contributed by atoms with Gasteiger partial charge in [0.1, 0.15) is 54.6 Å². The summed E-state index contributed by atoms with van der Waals surface area (Å²) in [5.41, 5.74) is 0.678. The number of ether oxygens (including phenoxy) is 7. The van der Waals surface area contributed by atoms with Crippen molar-refractivity contribution in [3.63, 3.8) is 0 Å². The fraction of sp³-hybridized carbons (Fsp3) is 0.613. The molecule has 0 radical (unpaired) electrons. The van der Waals surface area contributed by atoms with Crippen molar-refractivity contribution in [2.24, 2.45) is 5.92 Å². The number of hydrogen-bond donors (Lipinski definition) is 9. The summed E-state index contributed by atoms with van der Waals surface area (Å²) in [6.07, 6.45) is -16.7. The molecule has 4 rings (SSSR count). The number of carbonyl (C=O) groups is 2. The Morgan fingerprint density at radius 3 is 2.08 bits per heavy atom. The molecule has 0 saturated carbocycles. The molecule has 12 unspecified atom stereocenters. The lowest BCUT2D eigenvalue weighted by Gasteiger charge is -2.46. The van der Waals surface area contributed by atoms with Crippen LogP contribution in [0.3, 0.4) is 0 Å². The van der Waals surface area contributed by atoms with Crippen molar-refractivity contribution in [1.82, 2.24) is 0 Å². The highest BCUT2D eigenvalue weighted by atomic mass is 16.8. The fourth-order valence-electron chi connectivity index (χ4n) is 5.58. The van der Waals surface area contributed by atoms with Crippen molar-refractivity contribution in [1.29, 1.82) is 0 Å². The second-order valence-electron chi connectivity index (χ2n) is 11.5. The van der Waals surface area contributed by atoms with Crippen molar-refractivity contribution < 1.29 is 88.7 Å². The van der Waals surface area contributed by atoms with E-state index in [-0.39, 0.29) is 23.5 Å². The van der Waals surface area contributed by atoms with Gasteiger partial charge in [0, 0.05) is 17.9 Å². The molecule has 9 N–H and O–H groups in total. The largest absolute Gasteiger partial charge is 0.508 e. The summed E-state index contributed by atoms with van der Waals surface area (Å²) in [7, 11) is 1.11. The van der Waals surface area contributed by atoms with E-state index in [2.05, 4.69) is 0 Å². The van der Waals surface area contributed by atoms with Crippen molar-refractivity contribution in [2.45, 2.75) is 80.5 Å². The summed E-state index contributed by atoms with van der Waals surface area (Å²) in [4.78, 5) is 25.6. The average Bonchev–Trinajstić information content (AvgIpc) is 3.09. The molecule has 1 aromatic carbocycles. The molecule has 3 aliphatic rings. The molecule has 49 heavy (non-hydrogen) atoms. The van der Waals surface area contributed by atoms with Crippen LogP contribution < -0.4 is 0 Å². The predicted molar refractivity (Wildman–Crippen MR) is 159 cm³/mol. The summed E-state index contributed by atoms with van der Waals surface area (Å²) in [5.74, 6) is -2.66. The first-order valence-electron chi connectivity index (χ1n) is 15.4. The molecule has 3 heterocycles. The second-order valence-corrected chi connectivity index (χ2v) is 11.5. The Bertz CT molecular complexity index is 1300. The van der Waals surface area contributed by atoms with E-state index >= 15 is 0 Å². The second kappa shape index (κ2) is 17.6. The molecule has 2 fully saturated rings. The van der Waals surface area contributed by atoms with Crippen LogP contribution in [0.25, 0.3) is 0 Å². The van der Waals surface area contributed by atoms with Gasteiger partial charge >= 0.3 is 11.9 Å². The Morgan fingerprint density at radius 2 is 1.47 bits per heavy atom. The van der Waals surface area contributed by atoms with Crippen LogP contribution in [0.5, 0.6) is 5.75 Å². The smallest absolute Gasteiger partial charge is 0.337 e. The third-order valence-corrected chi connectivity index (χ3v) is 8.30. The number of methoxy groups -OCH3 is 1. The minimum absolute atomic E-state index is 0.0229. The number of benzene rings is 1. The van der Waals surface area contributed by atoms with Gasteiger partial charge in [-0.25, -0.2) is 4.79 Å². The van der Waals surface area contributed by atoms with Gasteiger partial charge in [0.05, 0.1) is 51.8 Å². The van der Waals surface area contributed by atoms with Gasteiger partial charge in [-0.3, -0.25) is 4.79 Å². The third-order valence-electron chi connectivity index (χ3n) is 8.30. The zero-order valence-corrected chi connectivity index (χ0v) is 26.3. The number of aliphatic hydroxyl groups excluding tert-OH is 8. The Hall–Kier alpha value is -3.24. The van der Waals surface area contributed by atoms with Crippen molar-refractivity contribution in [3.05, 3.63) is 53.3 Å². The molecule has 12 atom stereocenters. The normalized spacial score (nSPS) is 35.7. The Kier molecular flexibility index (Phi) is 13.9. The third kappa shape index (κ3) is 9.11. The van der Waals surface area contributed by atoms with Gasteiger partial charge in [-0.05, 0) is 17.7 Å². The van der Waals surface area contributed by atoms with Crippen LogP contribution in [0.4, 0.5) is 0 Å². The Morgan fingerprint density at radius 1 is 0.837 bits per heavy atom. The topological polar surface area (TPSA) is 281 Å². The fourth-order valence-corrected chi connectivity index (χ4v) is 5.58. The number of rotatable bonds is 13. The maximum atomic E-state index is 12.9. The highest BCUT2D eigenvalue weighted by molar-refractivity contribution is 5.90. The van der Waals surface area contributed by atoms with E-state index in [4.69, 9.17) is 33.2 Å². The zero-order chi connectivity index (χ0) is 35.8. The van der Waals surface area contributed by atoms with Crippen LogP contribution in [0.1, 0.15) is 12.0 Å². The molecule has 0 amide bonds. The van der Waals surface area contributed by atoms with E-state index in [0.717, 1.165) is 18.9 Å². The molecule has 1 aromatic rings. The van der Waals surface area contributed by atoms with Crippen LogP contribution in [0.2, 0.25) is 0 Å². The standard InChI is InChI=1S/C31H42O18/c1-43-28(42)18-13-45-29(16(6-8-32)17(18)10-21(36)44-9-7-14-2-4-15(35)5-3-14)49-31-26(41)27(23(38)20(12-34)47-31)48-30-25(40)24(39)22(37)19(11-33)46-30/h2-6,13,17,19-20,22-27,29-35,37-41H,7-12H2,1H3. The van der Waals surface area contributed by atoms with Gasteiger partial charge < -0.3 is 79.1 Å². The van der Waals surface area contributed by atoms with E-state index in [1.54, 1.807) is 12.1 Å². The van der Waals surface area contributed by atoms with Crippen LogP contribution >= 0.6 is 0 Å². The van der Waals surface area contributed by atoms with Gasteiger partial charge in [-0.15, -0.1) is 0 Å². The highest BCUT2D eigenvalue weighted by Crippen LogP contribution is 2.37. The quantitative estimate of drug-likeness (QED) is 0.0711. The van der Waals surface area contributed by atoms with Crippen molar-refractivity contribution in [2.75, 3.05) is 33.5 Å². The number of phenols is 1. The lowest BCUT2D eigenvalue weighted by molar-refractivity contribution is -0.369. The van der Waals surface area contributed by atoms with Crippen LogP contribution in [-0.4, -0.2) is 159 Å². The highest BCUT2D eigenvalue weighted by Gasteiger charge is 2.52. The van der Waals surface area contributed by atoms with Crippen molar-refractivity contribution >= 4 is 11.9 Å². The number of hydrogen-bond acceptors (Lipinski definition) is 18. The van der Waals surface area contributed by atoms with Gasteiger partial charge in [0.2, 0.25) is 6.29 Å². The molecule has 0 aromatic heterocycles. The first-order valence-corrected chi connectivity index (χ1v) is 15.4. The minimum atomic E-state index is -1.92. The molecule has 18 nitrogen and oxygen atoms in total. The van der Waals surface area contributed by atoms with Gasteiger partial charge in [-0.1, -0.05) is 18.2 Å². The van der Waals surface area contributed by atoms with Gasteiger partial charge in [0.25, 0.3) is 0 Å².